The quantitative estimate of drug-likeness (QED) is 0.645. The summed E-state index contributed by atoms with van der Waals surface area (Å²) in [6, 6.07) is 3.10. The molecule has 0 spiro atoms. The maximum Gasteiger partial charge on any atom is 0.417 e. The molecule has 0 radical (unpaired) electrons. The highest BCUT2D eigenvalue weighted by Crippen LogP contribution is 2.10. The zero-order chi connectivity index (χ0) is 9.26. The van der Waals surface area contributed by atoms with Crippen molar-refractivity contribution in [1.29, 1.82) is 0 Å². The van der Waals surface area contributed by atoms with E-state index in [2.05, 4.69) is 4.74 Å². The predicted molar refractivity (Wildman–Crippen MR) is 41.1 cm³/mol. The third-order valence-electron chi connectivity index (χ3n) is 1.74. The first kappa shape index (κ1) is 7.85. The number of furan rings is 1. The number of amides is 2. The average molecular weight is 181 g/mol. The third kappa shape index (κ3) is 1.28. The molecule has 1 saturated heterocycles. The topological polar surface area (TPSA) is 59.8 Å². The molecule has 0 aliphatic carbocycles. The number of nitrogens with zero attached hydrogens (tertiary/aromatic N) is 1. The van der Waals surface area contributed by atoms with Gasteiger partial charge in [0.25, 0.3) is 5.91 Å². The van der Waals surface area contributed by atoms with Crippen LogP contribution in [-0.4, -0.2) is 30.1 Å². The summed E-state index contributed by atoms with van der Waals surface area (Å²) in [7, 11) is 0. The fraction of sp³-hybridized carbons (Fsp3) is 0.250. The second-order valence-electron chi connectivity index (χ2n) is 2.55. The molecule has 5 nitrogen and oxygen atoms in total. The van der Waals surface area contributed by atoms with E-state index in [1.54, 1.807) is 6.07 Å². The van der Waals surface area contributed by atoms with Crippen LogP contribution in [0.5, 0.6) is 0 Å². The van der Waals surface area contributed by atoms with E-state index >= 15 is 0 Å². The molecule has 13 heavy (non-hydrogen) atoms. The van der Waals surface area contributed by atoms with E-state index in [0.717, 1.165) is 4.90 Å². The van der Waals surface area contributed by atoms with E-state index in [9.17, 15) is 9.59 Å². The van der Waals surface area contributed by atoms with Gasteiger partial charge in [-0.15, -0.1) is 0 Å². The number of rotatable bonds is 1. The van der Waals surface area contributed by atoms with Gasteiger partial charge in [-0.1, -0.05) is 0 Å². The number of cyclic esters (lactones) is 1. The maximum absolute atomic E-state index is 11.4. The number of ether oxygens (including phenoxy) is 1. The van der Waals surface area contributed by atoms with Crippen LogP contribution < -0.4 is 0 Å². The number of carbonyl (C=O) groups excluding carboxylic acids is 2. The van der Waals surface area contributed by atoms with Gasteiger partial charge in [-0.2, -0.15) is 0 Å². The van der Waals surface area contributed by atoms with Crippen LogP contribution in [0, 0.1) is 0 Å². The van der Waals surface area contributed by atoms with Crippen molar-refractivity contribution in [2.45, 2.75) is 0 Å². The molecule has 0 bridgehead atoms. The molecule has 1 aromatic rings. The Bertz CT molecular complexity index is 330. The lowest BCUT2D eigenvalue weighted by atomic mass is 10.4. The van der Waals surface area contributed by atoms with E-state index in [1.165, 1.54) is 12.3 Å². The highest BCUT2D eigenvalue weighted by atomic mass is 16.6. The Morgan fingerprint density at radius 1 is 1.54 bits per heavy atom. The molecule has 0 N–H and O–H groups in total. The molecule has 1 aliphatic rings. The van der Waals surface area contributed by atoms with Crippen molar-refractivity contribution in [2.24, 2.45) is 0 Å². The lowest BCUT2D eigenvalue weighted by molar-refractivity contribution is 0.0780. The molecule has 68 valence electrons. The summed E-state index contributed by atoms with van der Waals surface area (Å²) in [6.45, 7) is 0.545. The molecule has 5 heteroatoms. The highest BCUT2D eigenvalue weighted by molar-refractivity contribution is 6.01. The van der Waals surface area contributed by atoms with Crippen LogP contribution in [0.4, 0.5) is 4.79 Å². The fourth-order valence-corrected chi connectivity index (χ4v) is 1.11. The Labute approximate surface area is 73.9 Å². The Morgan fingerprint density at radius 3 is 2.92 bits per heavy atom. The van der Waals surface area contributed by atoms with Gasteiger partial charge in [0.15, 0.2) is 5.76 Å². The van der Waals surface area contributed by atoms with Crippen LogP contribution in [0.2, 0.25) is 0 Å². The summed E-state index contributed by atoms with van der Waals surface area (Å²) in [5, 5.41) is 0. The van der Waals surface area contributed by atoms with Gasteiger partial charge < -0.3 is 9.15 Å². The number of hydrogen-bond acceptors (Lipinski definition) is 4. The Hall–Kier alpha value is -1.78. The molecule has 2 rings (SSSR count). The normalized spacial score (nSPS) is 16.0. The highest BCUT2D eigenvalue weighted by Gasteiger charge is 2.30. The van der Waals surface area contributed by atoms with Gasteiger partial charge >= 0.3 is 6.09 Å². The molecule has 0 atom stereocenters. The van der Waals surface area contributed by atoms with E-state index in [1.807, 2.05) is 0 Å². The maximum atomic E-state index is 11.4. The number of carbonyl (C=O) groups is 2. The molecule has 0 unspecified atom stereocenters. The average Bonchev–Trinajstić information content (AvgIpc) is 2.72. The molecule has 1 aromatic heterocycles. The SMILES string of the molecule is O=C1OCCN1C(=O)c1ccco1. The number of hydrogen-bond donors (Lipinski definition) is 0. The second kappa shape index (κ2) is 2.93. The molecule has 2 heterocycles. The molecule has 2 amide bonds. The largest absolute Gasteiger partial charge is 0.459 e. The van der Waals surface area contributed by atoms with Gasteiger partial charge in [-0.3, -0.25) is 4.79 Å². The van der Waals surface area contributed by atoms with E-state index in [4.69, 9.17) is 4.42 Å². The van der Waals surface area contributed by atoms with Crippen molar-refractivity contribution in [2.75, 3.05) is 13.2 Å². The molecule has 1 aliphatic heterocycles. The molecule has 1 fully saturated rings. The third-order valence-corrected chi connectivity index (χ3v) is 1.74. The molecular weight excluding hydrogens is 174 g/mol. The summed E-state index contributed by atoms with van der Waals surface area (Å²) in [5.74, 6) is -0.300. The van der Waals surface area contributed by atoms with Gasteiger partial charge in [0, 0.05) is 0 Å². The first-order valence-electron chi connectivity index (χ1n) is 3.81. The Kier molecular flexibility index (Phi) is 1.77. The van der Waals surface area contributed by atoms with Crippen molar-refractivity contribution < 1.29 is 18.7 Å². The van der Waals surface area contributed by atoms with Gasteiger partial charge in [0.2, 0.25) is 0 Å². The van der Waals surface area contributed by atoms with Gasteiger partial charge in [0.1, 0.15) is 6.61 Å². The van der Waals surface area contributed by atoms with Crippen molar-refractivity contribution in [3.8, 4) is 0 Å². The summed E-state index contributed by atoms with van der Waals surface area (Å²) >= 11 is 0. The zero-order valence-electron chi connectivity index (χ0n) is 6.73. The monoisotopic (exact) mass is 181 g/mol. The van der Waals surface area contributed by atoms with Crippen LogP contribution in [0.1, 0.15) is 10.6 Å². The van der Waals surface area contributed by atoms with Crippen LogP contribution in [0.15, 0.2) is 22.8 Å². The Morgan fingerprint density at radius 2 is 2.38 bits per heavy atom. The van der Waals surface area contributed by atoms with Crippen molar-refractivity contribution in [1.82, 2.24) is 4.90 Å². The minimum absolute atomic E-state index is 0.152. The second-order valence-corrected chi connectivity index (χ2v) is 2.55. The first-order valence-corrected chi connectivity index (χ1v) is 3.81. The van der Waals surface area contributed by atoms with E-state index in [-0.39, 0.29) is 12.4 Å². The van der Waals surface area contributed by atoms with Crippen molar-refractivity contribution >= 4 is 12.0 Å². The number of imide groups is 1. The Balaban J connectivity index is 2.18. The van der Waals surface area contributed by atoms with Crippen LogP contribution in [0.3, 0.4) is 0 Å². The van der Waals surface area contributed by atoms with Crippen LogP contribution in [-0.2, 0) is 4.74 Å². The van der Waals surface area contributed by atoms with Crippen LogP contribution >= 0.6 is 0 Å². The summed E-state index contributed by atoms with van der Waals surface area (Å²) in [6.07, 6.45) is 0.774. The van der Waals surface area contributed by atoms with Crippen molar-refractivity contribution in [3.05, 3.63) is 24.2 Å². The minimum atomic E-state index is -0.610. The molecule has 0 aromatic carbocycles. The van der Waals surface area contributed by atoms with Crippen molar-refractivity contribution in [3.63, 3.8) is 0 Å². The summed E-state index contributed by atoms with van der Waals surface area (Å²) in [5.41, 5.74) is 0. The van der Waals surface area contributed by atoms with Gasteiger partial charge in [-0.25, -0.2) is 9.69 Å². The molecular formula is C8H7NO4. The lowest BCUT2D eigenvalue weighted by Crippen LogP contribution is -2.31. The summed E-state index contributed by atoms with van der Waals surface area (Å²) < 4.78 is 9.47. The summed E-state index contributed by atoms with van der Waals surface area (Å²) in [4.78, 5) is 23.4. The first-order chi connectivity index (χ1) is 6.29. The smallest absolute Gasteiger partial charge is 0.417 e. The van der Waals surface area contributed by atoms with Gasteiger partial charge in [-0.05, 0) is 12.1 Å². The van der Waals surface area contributed by atoms with Crippen LogP contribution in [0.25, 0.3) is 0 Å². The van der Waals surface area contributed by atoms with Gasteiger partial charge in [0.05, 0.1) is 12.8 Å². The molecule has 0 saturated carbocycles. The predicted octanol–water partition coefficient (Wildman–Crippen LogP) is 0.872. The fourth-order valence-electron chi connectivity index (χ4n) is 1.11. The standard InChI is InChI=1S/C8H7NO4/c10-7(6-2-1-4-12-6)9-3-5-13-8(9)11/h1-2,4H,3,5H2. The van der Waals surface area contributed by atoms with E-state index < -0.39 is 12.0 Å². The minimum Gasteiger partial charge on any atom is -0.459 e. The van der Waals surface area contributed by atoms with E-state index in [0.29, 0.717) is 6.54 Å². The zero-order valence-corrected chi connectivity index (χ0v) is 6.73. The lowest BCUT2D eigenvalue weighted by Gasteiger charge is -2.07.